The smallest absolute Gasteiger partial charge is 0.310 e. The first kappa shape index (κ1) is 32.7. The average Bonchev–Trinajstić information content (AvgIpc) is 3.80. The van der Waals surface area contributed by atoms with E-state index in [-0.39, 0.29) is 34.8 Å². The van der Waals surface area contributed by atoms with Crippen LogP contribution in [-0.4, -0.2) is 43.9 Å². The molecule has 3 aromatic carbocycles. The molecule has 3 heterocycles. The Labute approximate surface area is 294 Å². The minimum absolute atomic E-state index is 0.0282. The van der Waals surface area contributed by atoms with Gasteiger partial charge in [0.25, 0.3) is 0 Å². The molecule has 2 saturated carbocycles. The van der Waals surface area contributed by atoms with E-state index in [4.69, 9.17) is 14.8 Å². The molecule has 3 aromatic heterocycles. The number of fused-ring (bicyclic) bond motifs is 1. The van der Waals surface area contributed by atoms with Gasteiger partial charge in [0.1, 0.15) is 17.1 Å². The molecule has 10 heteroatoms. The van der Waals surface area contributed by atoms with Gasteiger partial charge in [-0.15, -0.1) is 0 Å². The van der Waals surface area contributed by atoms with Gasteiger partial charge in [-0.1, -0.05) is 110 Å². The molecule has 1 spiro atoms. The van der Waals surface area contributed by atoms with Crippen molar-refractivity contribution in [3.63, 3.8) is 0 Å². The summed E-state index contributed by atoms with van der Waals surface area (Å²) in [6.45, 7) is 0. The summed E-state index contributed by atoms with van der Waals surface area (Å²) in [7, 11) is 1.40. The van der Waals surface area contributed by atoms with Gasteiger partial charge in [-0.2, -0.15) is 5.10 Å². The Balaban J connectivity index is 1.34. The van der Waals surface area contributed by atoms with Crippen LogP contribution in [0.15, 0.2) is 109 Å². The van der Waals surface area contributed by atoms with E-state index < -0.39 is 23.1 Å². The molecule has 2 atom stereocenters. The van der Waals surface area contributed by atoms with Crippen molar-refractivity contribution >= 4 is 22.8 Å². The van der Waals surface area contributed by atoms with Gasteiger partial charge in [-0.3, -0.25) is 4.79 Å². The van der Waals surface area contributed by atoms with Crippen molar-refractivity contribution in [2.75, 3.05) is 12.4 Å². The number of methoxy groups -OCH3 is 1. The van der Waals surface area contributed by atoms with Crippen LogP contribution >= 0.6 is 0 Å². The summed E-state index contributed by atoms with van der Waals surface area (Å²) in [6.07, 6.45) is 8.77. The van der Waals surface area contributed by atoms with E-state index in [9.17, 15) is 4.79 Å². The second-order valence-corrected chi connectivity index (χ2v) is 13.7. The molecule has 0 aliphatic heterocycles. The molecule has 0 saturated heterocycles. The van der Waals surface area contributed by atoms with Crippen LogP contribution in [0.25, 0.3) is 22.6 Å². The highest BCUT2D eigenvalue weighted by atomic mass is 19.1. The zero-order valence-electron chi connectivity index (χ0n) is 28.3. The summed E-state index contributed by atoms with van der Waals surface area (Å²) in [6, 6.07) is 30.9. The van der Waals surface area contributed by atoms with Gasteiger partial charge >= 0.3 is 5.97 Å². The Morgan fingerprint density at radius 1 is 0.843 bits per heavy atom. The third-order valence-electron chi connectivity index (χ3n) is 11.0. The lowest BCUT2D eigenvalue weighted by Crippen LogP contribution is -2.50. The number of hydrogen-bond acceptors (Lipinski definition) is 7. The van der Waals surface area contributed by atoms with Crippen LogP contribution in [0.5, 0.6) is 0 Å². The molecule has 0 amide bonds. The zero-order chi connectivity index (χ0) is 35.0. The number of anilines is 1. The van der Waals surface area contributed by atoms with Gasteiger partial charge in [-0.05, 0) is 53.9 Å². The average molecular weight is 685 g/mol. The number of aromatic nitrogens is 5. The van der Waals surface area contributed by atoms with Crippen LogP contribution < -0.4 is 5.32 Å². The van der Waals surface area contributed by atoms with Crippen molar-refractivity contribution in [2.24, 2.45) is 11.3 Å². The first-order chi connectivity index (χ1) is 24.9. The number of esters is 1. The van der Waals surface area contributed by atoms with Gasteiger partial charge in [0.15, 0.2) is 23.1 Å². The normalized spacial score (nSPS) is 18.6. The van der Waals surface area contributed by atoms with Crippen LogP contribution in [0.3, 0.4) is 0 Å². The predicted molar refractivity (Wildman–Crippen MR) is 191 cm³/mol. The Hall–Kier alpha value is -5.51. The van der Waals surface area contributed by atoms with Gasteiger partial charge in [0, 0.05) is 6.04 Å². The highest BCUT2D eigenvalue weighted by Crippen LogP contribution is 2.52. The molecule has 6 aromatic rings. The van der Waals surface area contributed by atoms with E-state index in [0.717, 1.165) is 61.4 Å². The molecule has 51 heavy (non-hydrogen) atoms. The monoisotopic (exact) mass is 684 g/mol. The summed E-state index contributed by atoms with van der Waals surface area (Å²) in [5.41, 5.74) is 2.12. The number of halogens is 2. The first-order valence-corrected chi connectivity index (χ1v) is 17.5. The summed E-state index contributed by atoms with van der Waals surface area (Å²) < 4.78 is 37.9. The van der Waals surface area contributed by atoms with Crippen molar-refractivity contribution < 1.29 is 18.3 Å². The van der Waals surface area contributed by atoms with Gasteiger partial charge in [0.05, 0.1) is 30.8 Å². The highest BCUT2D eigenvalue weighted by Gasteiger charge is 2.50. The third-order valence-corrected chi connectivity index (χ3v) is 11.0. The lowest BCUT2D eigenvalue weighted by Gasteiger charge is -2.45. The fourth-order valence-corrected chi connectivity index (χ4v) is 8.73. The Kier molecular flexibility index (Phi) is 8.53. The van der Waals surface area contributed by atoms with Crippen molar-refractivity contribution in [3.8, 4) is 11.5 Å². The summed E-state index contributed by atoms with van der Waals surface area (Å²) in [5.74, 6) is -1.88. The first-order valence-electron chi connectivity index (χ1n) is 17.5. The Morgan fingerprint density at radius 2 is 1.43 bits per heavy atom. The van der Waals surface area contributed by atoms with E-state index in [1.54, 1.807) is 4.68 Å². The van der Waals surface area contributed by atoms with E-state index >= 15 is 8.78 Å². The largest absolute Gasteiger partial charge is 0.469 e. The Morgan fingerprint density at radius 3 is 2.02 bits per heavy atom. The molecular weight excluding hydrogens is 646 g/mol. The number of pyridine rings is 1. The van der Waals surface area contributed by atoms with Crippen molar-refractivity contribution in [1.82, 2.24) is 24.7 Å². The molecule has 0 unspecified atom stereocenters. The molecular formula is C41H38F2N6O2. The number of ether oxygens (including phenoxy) is 1. The summed E-state index contributed by atoms with van der Waals surface area (Å²) in [5, 5.41) is 8.94. The maximum absolute atomic E-state index is 15.8. The minimum Gasteiger partial charge on any atom is -0.469 e. The van der Waals surface area contributed by atoms with Crippen molar-refractivity contribution in [3.05, 3.63) is 138 Å². The second-order valence-electron chi connectivity index (χ2n) is 13.7. The third kappa shape index (κ3) is 5.53. The van der Waals surface area contributed by atoms with E-state index in [1.807, 2.05) is 91.0 Å². The SMILES string of the molecule is COC(=O)[C@@H]1CCCC2(CCCC2)[C@H]1Nc1nc(-c2nn(C(c3ccccc3)(c3ccccc3)c3ccccc3)c3ncc(F)cc23)ncc1F. The molecule has 2 fully saturated rings. The quantitative estimate of drug-likeness (QED) is 0.127. The molecule has 2 aliphatic carbocycles. The molecule has 8 rings (SSSR count). The standard InChI is InChI=1S/C41H38F2N6O2/c1-51-39(50)31-20-13-23-40(21-11-12-22-40)35(31)46-36-33(43)26-44-37(47-36)34-32-24-30(42)25-45-38(32)49(48-34)41(27-14-5-2-6-15-27,28-16-7-3-8-17-28)29-18-9-4-10-19-29/h2-10,14-19,24-26,31,35H,11-13,20-23H2,1H3,(H,44,46,47)/t31-,35+/m1/s1. The highest BCUT2D eigenvalue weighted by molar-refractivity contribution is 5.90. The summed E-state index contributed by atoms with van der Waals surface area (Å²) in [4.78, 5) is 26.8. The van der Waals surface area contributed by atoms with E-state index in [1.165, 1.54) is 19.4 Å². The van der Waals surface area contributed by atoms with Gasteiger partial charge in [-0.25, -0.2) is 28.4 Å². The number of hydrogen-bond donors (Lipinski definition) is 1. The van der Waals surface area contributed by atoms with Gasteiger partial charge < -0.3 is 10.1 Å². The second kappa shape index (κ2) is 13.3. The van der Waals surface area contributed by atoms with Gasteiger partial charge in [0.2, 0.25) is 0 Å². The number of rotatable bonds is 8. The molecule has 8 nitrogen and oxygen atoms in total. The van der Waals surface area contributed by atoms with Crippen LogP contribution in [0.4, 0.5) is 14.6 Å². The zero-order valence-corrected chi connectivity index (χ0v) is 28.3. The number of carbonyl (C=O) groups is 1. The van der Waals surface area contributed by atoms with E-state index in [2.05, 4.69) is 15.3 Å². The fourth-order valence-electron chi connectivity index (χ4n) is 8.73. The van der Waals surface area contributed by atoms with Crippen LogP contribution in [0, 0.1) is 23.0 Å². The maximum atomic E-state index is 15.8. The lowest BCUT2D eigenvalue weighted by atomic mass is 9.64. The number of nitrogens with one attached hydrogen (secondary N) is 1. The number of carbonyl (C=O) groups excluding carboxylic acids is 1. The molecule has 1 N–H and O–H groups in total. The molecule has 0 radical (unpaired) electrons. The number of nitrogens with zero attached hydrogens (tertiary/aromatic N) is 5. The van der Waals surface area contributed by atoms with Crippen LogP contribution in [0.1, 0.15) is 61.6 Å². The van der Waals surface area contributed by atoms with Crippen LogP contribution in [0.2, 0.25) is 0 Å². The van der Waals surface area contributed by atoms with E-state index in [0.29, 0.717) is 17.5 Å². The van der Waals surface area contributed by atoms with Crippen molar-refractivity contribution in [1.29, 1.82) is 0 Å². The summed E-state index contributed by atoms with van der Waals surface area (Å²) >= 11 is 0. The molecule has 258 valence electrons. The lowest BCUT2D eigenvalue weighted by molar-refractivity contribution is -0.148. The minimum atomic E-state index is -1.06. The fraction of sp³-hybridized carbons (Fsp3) is 0.293. The molecule has 0 bridgehead atoms. The predicted octanol–water partition coefficient (Wildman–Crippen LogP) is 8.32. The topological polar surface area (TPSA) is 94.8 Å². The van der Waals surface area contributed by atoms with Crippen molar-refractivity contribution in [2.45, 2.75) is 56.5 Å². The molecule has 2 aliphatic rings. The maximum Gasteiger partial charge on any atom is 0.310 e. The Bertz CT molecular complexity index is 2070. The number of benzene rings is 3. The van der Waals surface area contributed by atoms with Crippen LogP contribution in [-0.2, 0) is 15.1 Å².